The van der Waals surface area contributed by atoms with E-state index in [0.717, 1.165) is 11.5 Å². The molecule has 120 valence electrons. The molecule has 0 aromatic heterocycles. The number of ether oxygens (including phenoxy) is 2. The molecule has 3 N–H and O–H groups in total. The van der Waals surface area contributed by atoms with E-state index in [9.17, 15) is 4.79 Å². The smallest absolute Gasteiger partial charge is 0.237 e. The minimum atomic E-state index is -0.525. The van der Waals surface area contributed by atoms with Gasteiger partial charge in [-0.3, -0.25) is 4.79 Å². The summed E-state index contributed by atoms with van der Waals surface area (Å²) >= 11 is 0. The summed E-state index contributed by atoms with van der Waals surface area (Å²) in [4.78, 5) is 11.8. The van der Waals surface area contributed by atoms with Crippen molar-refractivity contribution < 1.29 is 14.3 Å². The van der Waals surface area contributed by atoms with Gasteiger partial charge in [0, 0.05) is 0 Å². The van der Waals surface area contributed by atoms with E-state index in [4.69, 9.17) is 15.2 Å². The van der Waals surface area contributed by atoms with Crippen LogP contribution in [0.1, 0.15) is 20.8 Å². The number of rotatable bonds is 6. The van der Waals surface area contributed by atoms with Gasteiger partial charge in [0.05, 0.1) is 19.7 Å². The van der Waals surface area contributed by atoms with Gasteiger partial charge in [-0.05, 0) is 29.7 Å². The van der Waals surface area contributed by atoms with E-state index >= 15 is 0 Å². The van der Waals surface area contributed by atoms with Crippen LogP contribution in [-0.4, -0.2) is 32.2 Å². The maximum absolute atomic E-state index is 11.8. The van der Waals surface area contributed by atoms with Crippen molar-refractivity contribution in [1.82, 2.24) is 5.32 Å². The van der Waals surface area contributed by atoms with Gasteiger partial charge in [0.2, 0.25) is 5.91 Å². The normalized spacial score (nSPS) is 12.0. The van der Waals surface area contributed by atoms with Crippen molar-refractivity contribution in [2.45, 2.75) is 26.8 Å². The first-order valence-corrected chi connectivity index (χ1v) is 6.64. The standard InChI is InChI=1S/C15H24N2O3.ClH/c1-15(2,3)13(16)14(18)17-9-10-20-12-7-5-11(19-4)6-8-12;/h5-8,13H,9-10,16H2,1-4H3,(H,17,18);1H/t13-;/m1./s1. The second-order valence-electron chi connectivity index (χ2n) is 5.66. The Labute approximate surface area is 132 Å². The van der Waals surface area contributed by atoms with Crippen LogP contribution in [0.3, 0.4) is 0 Å². The molecule has 0 aliphatic carbocycles. The molecule has 1 aromatic rings. The molecule has 0 saturated carbocycles. The van der Waals surface area contributed by atoms with Crippen LogP contribution in [0.25, 0.3) is 0 Å². The molecule has 0 fully saturated rings. The van der Waals surface area contributed by atoms with E-state index in [-0.39, 0.29) is 23.7 Å². The minimum absolute atomic E-state index is 0. The van der Waals surface area contributed by atoms with Crippen molar-refractivity contribution in [2.24, 2.45) is 11.1 Å². The van der Waals surface area contributed by atoms with E-state index < -0.39 is 6.04 Å². The Morgan fingerprint density at radius 2 is 1.76 bits per heavy atom. The van der Waals surface area contributed by atoms with Gasteiger partial charge < -0.3 is 20.5 Å². The second kappa shape index (κ2) is 8.74. The number of nitrogens with one attached hydrogen (secondary N) is 1. The number of methoxy groups -OCH3 is 1. The zero-order valence-corrected chi connectivity index (χ0v) is 13.8. The zero-order valence-electron chi connectivity index (χ0n) is 13.0. The second-order valence-corrected chi connectivity index (χ2v) is 5.66. The average Bonchev–Trinajstić information content (AvgIpc) is 2.42. The number of hydrogen-bond acceptors (Lipinski definition) is 4. The molecule has 0 bridgehead atoms. The first kappa shape index (κ1) is 19.5. The topological polar surface area (TPSA) is 73.6 Å². The fourth-order valence-corrected chi connectivity index (χ4v) is 1.52. The lowest BCUT2D eigenvalue weighted by Crippen LogP contribution is -2.49. The van der Waals surface area contributed by atoms with Crippen LogP contribution >= 0.6 is 12.4 Å². The molecule has 21 heavy (non-hydrogen) atoms. The molecule has 0 aliphatic heterocycles. The third-order valence-electron chi connectivity index (χ3n) is 2.94. The van der Waals surface area contributed by atoms with Crippen LogP contribution < -0.4 is 20.5 Å². The summed E-state index contributed by atoms with van der Waals surface area (Å²) in [6, 6.07) is 6.76. The van der Waals surface area contributed by atoms with Crippen LogP contribution in [0, 0.1) is 5.41 Å². The molecule has 0 heterocycles. The Hall–Kier alpha value is -1.46. The lowest BCUT2D eigenvalue weighted by Gasteiger charge is -2.25. The van der Waals surface area contributed by atoms with Gasteiger partial charge >= 0.3 is 0 Å². The molecule has 1 aromatic carbocycles. The molecular weight excluding hydrogens is 292 g/mol. The Kier molecular flexibility index (Phi) is 8.14. The summed E-state index contributed by atoms with van der Waals surface area (Å²) in [6.07, 6.45) is 0. The van der Waals surface area contributed by atoms with Crippen molar-refractivity contribution >= 4 is 18.3 Å². The predicted molar refractivity (Wildman–Crippen MR) is 86.2 cm³/mol. The summed E-state index contributed by atoms with van der Waals surface area (Å²) in [5.41, 5.74) is 5.60. The highest BCUT2D eigenvalue weighted by atomic mass is 35.5. The fourth-order valence-electron chi connectivity index (χ4n) is 1.52. The van der Waals surface area contributed by atoms with E-state index in [1.807, 2.05) is 45.0 Å². The van der Waals surface area contributed by atoms with E-state index in [1.165, 1.54) is 0 Å². The van der Waals surface area contributed by atoms with E-state index in [1.54, 1.807) is 7.11 Å². The molecule has 1 amide bonds. The molecular formula is C15H25ClN2O3. The Bertz CT molecular complexity index is 430. The third-order valence-corrected chi connectivity index (χ3v) is 2.94. The molecule has 0 saturated heterocycles. The molecule has 0 unspecified atom stereocenters. The maximum atomic E-state index is 11.8. The maximum Gasteiger partial charge on any atom is 0.237 e. The van der Waals surface area contributed by atoms with Crippen LogP contribution in [0.2, 0.25) is 0 Å². The molecule has 1 atom stereocenters. The average molecular weight is 317 g/mol. The molecule has 0 spiro atoms. The molecule has 0 aliphatic rings. The third kappa shape index (κ3) is 6.69. The zero-order chi connectivity index (χ0) is 15.2. The lowest BCUT2D eigenvalue weighted by atomic mass is 9.87. The van der Waals surface area contributed by atoms with Crippen LogP contribution in [0.4, 0.5) is 0 Å². The number of nitrogens with two attached hydrogens (primary N) is 1. The van der Waals surface area contributed by atoms with Gasteiger partial charge in [-0.15, -0.1) is 12.4 Å². The highest BCUT2D eigenvalue weighted by molar-refractivity contribution is 5.85. The van der Waals surface area contributed by atoms with Crippen LogP contribution in [0.5, 0.6) is 11.5 Å². The molecule has 5 nitrogen and oxygen atoms in total. The number of benzene rings is 1. The number of halogens is 1. The first-order valence-electron chi connectivity index (χ1n) is 6.64. The van der Waals surface area contributed by atoms with Crippen molar-refractivity contribution in [3.8, 4) is 11.5 Å². The summed E-state index contributed by atoms with van der Waals surface area (Å²) in [5.74, 6) is 1.36. The number of hydrogen-bond donors (Lipinski definition) is 2. The van der Waals surface area contributed by atoms with Gasteiger partial charge in [0.1, 0.15) is 18.1 Å². The summed E-state index contributed by atoms with van der Waals surface area (Å²) < 4.78 is 10.6. The number of carbonyl (C=O) groups is 1. The Morgan fingerprint density at radius 1 is 1.24 bits per heavy atom. The minimum Gasteiger partial charge on any atom is -0.497 e. The quantitative estimate of drug-likeness (QED) is 0.787. The molecule has 6 heteroatoms. The van der Waals surface area contributed by atoms with Gasteiger partial charge in [0.15, 0.2) is 0 Å². The summed E-state index contributed by atoms with van der Waals surface area (Å²) in [6.45, 7) is 6.63. The highest BCUT2D eigenvalue weighted by Gasteiger charge is 2.26. The first-order chi connectivity index (χ1) is 9.34. The predicted octanol–water partition coefficient (Wildman–Crippen LogP) is 1.99. The van der Waals surface area contributed by atoms with Crippen molar-refractivity contribution in [2.75, 3.05) is 20.3 Å². The molecule has 1 rings (SSSR count). The van der Waals surface area contributed by atoms with Crippen LogP contribution in [-0.2, 0) is 4.79 Å². The number of amides is 1. The van der Waals surface area contributed by atoms with Gasteiger partial charge in [-0.2, -0.15) is 0 Å². The van der Waals surface area contributed by atoms with Gasteiger partial charge in [0.25, 0.3) is 0 Å². The Morgan fingerprint density at radius 3 is 2.24 bits per heavy atom. The molecule has 0 radical (unpaired) electrons. The Balaban J connectivity index is 0.00000400. The summed E-state index contributed by atoms with van der Waals surface area (Å²) in [7, 11) is 1.61. The number of carbonyl (C=O) groups excluding carboxylic acids is 1. The van der Waals surface area contributed by atoms with Crippen LogP contribution in [0.15, 0.2) is 24.3 Å². The summed E-state index contributed by atoms with van der Waals surface area (Å²) in [5, 5.41) is 2.77. The lowest BCUT2D eigenvalue weighted by molar-refractivity contribution is -0.124. The van der Waals surface area contributed by atoms with E-state index in [0.29, 0.717) is 13.2 Å². The highest BCUT2D eigenvalue weighted by Crippen LogP contribution is 2.17. The SMILES string of the molecule is COc1ccc(OCCNC(=O)[C@@H](N)C(C)(C)C)cc1.Cl. The van der Waals surface area contributed by atoms with Gasteiger partial charge in [-0.1, -0.05) is 20.8 Å². The van der Waals surface area contributed by atoms with E-state index in [2.05, 4.69) is 5.32 Å². The van der Waals surface area contributed by atoms with Crippen molar-refractivity contribution in [3.63, 3.8) is 0 Å². The van der Waals surface area contributed by atoms with Gasteiger partial charge in [-0.25, -0.2) is 0 Å². The largest absolute Gasteiger partial charge is 0.497 e. The van der Waals surface area contributed by atoms with Crippen molar-refractivity contribution in [1.29, 1.82) is 0 Å². The van der Waals surface area contributed by atoms with Crippen molar-refractivity contribution in [3.05, 3.63) is 24.3 Å². The fraction of sp³-hybridized carbons (Fsp3) is 0.533. The monoisotopic (exact) mass is 316 g/mol.